The largest absolute Gasteiger partial charge is 0.194 e. The zero-order valence-corrected chi connectivity index (χ0v) is 24.6. The Morgan fingerprint density at radius 3 is 1.35 bits per heavy atom. The fourth-order valence-electron chi connectivity index (χ4n) is 5.46. The molecule has 0 saturated carbocycles. The Bertz CT molecular complexity index is 394. The molecule has 0 amide bonds. The molecule has 0 spiro atoms. The molecule has 0 bridgehead atoms. The van der Waals surface area contributed by atoms with Crippen molar-refractivity contribution in [3.8, 4) is 0 Å². The van der Waals surface area contributed by atoms with Gasteiger partial charge in [-0.1, -0.05) is 110 Å². The Morgan fingerprint density at radius 2 is 1.00 bits per heavy atom. The van der Waals surface area contributed by atoms with Gasteiger partial charge in [0.1, 0.15) is 21.3 Å². The molecule has 5 heteroatoms. The minimum Gasteiger partial charge on any atom is -0.135 e. The lowest BCUT2D eigenvalue weighted by atomic mass is 9.80. The summed E-state index contributed by atoms with van der Waals surface area (Å²) in [5.74, 6) is 0.529. The molecule has 4 nitrogen and oxygen atoms in total. The van der Waals surface area contributed by atoms with Gasteiger partial charge in [0.25, 0.3) is 0 Å². The van der Waals surface area contributed by atoms with Crippen molar-refractivity contribution in [2.45, 2.75) is 142 Å². The van der Waals surface area contributed by atoms with E-state index in [1.807, 2.05) is 0 Å². The van der Waals surface area contributed by atoms with Gasteiger partial charge in [-0.05, 0) is 12.0 Å². The number of hydrogen-bond acceptors (Lipinski definition) is 3. The first-order valence-electron chi connectivity index (χ1n) is 13.4. The molecule has 0 radical (unpaired) electrons. The summed E-state index contributed by atoms with van der Waals surface area (Å²) in [6, 6.07) is 0. The van der Waals surface area contributed by atoms with E-state index in [2.05, 4.69) is 27.7 Å². The topological polar surface area (TPSA) is 27.7 Å². The second-order valence-corrected chi connectivity index (χ2v) is 11.6. The van der Waals surface area contributed by atoms with Crippen molar-refractivity contribution in [2.24, 2.45) is 5.92 Å². The van der Waals surface area contributed by atoms with Crippen molar-refractivity contribution < 1.29 is 19.5 Å². The number of hydroxylamine groups is 3. The number of unbranched alkanes of at least 4 members (excludes halogenated alkanes) is 12. The summed E-state index contributed by atoms with van der Waals surface area (Å²) in [5, 5.41) is 0. The molecule has 0 N–H and O–H groups in total. The van der Waals surface area contributed by atoms with Crippen molar-refractivity contribution in [1.82, 2.24) is 0 Å². The SMILES string of the molecule is CCCCCCCCCCCCCCCC([SiH3])C(CCC)C(C)(C)[N+](OC)(OC)OC. The molecule has 31 heavy (non-hydrogen) atoms. The van der Waals surface area contributed by atoms with Crippen molar-refractivity contribution >= 4 is 10.2 Å². The predicted octanol–water partition coefficient (Wildman–Crippen LogP) is 7.32. The van der Waals surface area contributed by atoms with Crippen LogP contribution in [0.15, 0.2) is 0 Å². The van der Waals surface area contributed by atoms with Crippen molar-refractivity contribution in [2.75, 3.05) is 21.3 Å². The fourth-order valence-corrected chi connectivity index (χ4v) is 7.02. The molecule has 0 aromatic carbocycles. The van der Waals surface area contributed by atoms with Gasteiger partial charge >= 0.3 is 0 Å². The van der Waals surface area contributed by atoms with Gasteiger partial charge in [0.05, 0.1) is 4.97 Å². The Hall–Kier alpha value is 0.0569. The number of hydrogen-bond donors (Lipinski definition) is 0. The van der Waals surface area contributed by atoms with Crippen LogP contribution in [0.4, 0.5) is 0 Å². The minimum atomic E-state index is -0.253. The summed E-state index contributed by atoms with van der Waals surface area (Å²) in [6.45, 7) is 9.04. The van der Waals surface area contributed by atoms with Crippen LogP contribution in [-0.4, -0.2) is 42.1 Å². The quantitative estimate of drug-likeness (QED) is 0.0733. The Kier molecular flexibility index (Phi) is 18.5. The van der Waals surface area contributed by atoms with Crippen LogP contribution >= 0.6 is 0 Å². The van der Waals surface area contributed by atoms with Gasteiger partial charge in [0.15, 0.2) is 5.54 Å². The van der Waals surface area contributed by atoms with Crippen LogP contribution in [-0.2, 0) is 14.5 Å². The smallest absolute Gasteiger partial charge is 0.135 e. The maximum atomic E-state index is 5.71. The van der Waals surface area contributed by atoms with E-state index in [-0.39, 0.29) is 10.5 Å². The van der Waals surface area contributed by atoms with Gasteiger partial charge in [-0.25, -0.2) is 0 Å². The summed E-state index contributed by atoms with van der Waals surface area (Å²) in [7, 11) is 6.22. The van der Waals surface area contributed by atoms with Crippen molar-refractivity contribution in [3.63, 3.8) is 0 Å². The maximum absolute atomic E-state index is 5.71. The summed E-state index contributed by atoms with van der Waals surface area (Å²) >= 11 is 0. The maximum Gasteiger partial charge on any atom is 0.194 e. The molecule has 0 fully saturated rings. The molecule has 188 valence electrons. The molecule has 0 heterocycles. The van der Waals surface area contributed by atoms with Crippen molar-refractivity contribution in [1.29, 1.82) is 0 Å². The highest BCUT2D eigenvalue weighted by atomic mass is 28.1. The number of nitrogens with zero attached hydrogens (tertiary/aromatic N) is 1. The van der Waals surface area contributed by atoms with E-state index in [9.17, 15) is 0 Å². The monoisotopic (exact) mass is 460 g/mol. The second kappa shape index (κ2) is 18.5. The van der Waals surface area contributed by atoms with Crippen LogP contribution in [0.5, 0.6) is 0 Å². The van der Waals surface area contributed by atoms with E-state index in [1.165, 1.54) is 113 Å². The fraction of sp³-hybridized carbons (Fsp3) is 1.00. The van der Waals surface area contributed by atoms with Crippen LogP contribution in [0.1, 0.15) is 130 Å². The Balaban J connectivity index is 4.17. The first-order chi connectivity index (χ1) is 14.9. The van der Waals surface area contributed by atoms with Gasteiger partial charge in [-0.15, -0.1) is 14.5 Å². The van der Waals surface area contributed by atoms with E-state index in [0.29, 0.717) is 5.92 Å². The summed E-state index contributed by atoms with van der Waals surface area (Å²) in [6.07, 6.45) is 22.1. The lowest BCUT2D eigenvalue weighted by molar-refractivity contribution is -1.39. The molecule has 0 aliphatic heterocycles. The molecule has 0 aromatic heterocycles. The van der Waals surface area contributed by atoms with Gasteiger partial charge in [0.2, 0.25) is 0 Å². The Morgan fingerprint density at radius 1 is 0.613 bits per heavy atom. The van der Waals surface area contributed by atoms with E-state index >= 15 is 0 Å². The van der Waals surface area contributed by atoms with E-state index in [4.69, 9.17) is 14.5 Å². The van der Waals surface area contributed by atoms with Crippen LogP contribution in [0.3, 0.4) is 0 Å². The highest BCUT2D eigenvalue weighted by molar-refractivity contribution is 6.11. The lowest BCUT2D eigenvalue weighted by Gasteiger charge is -2.44. The summed E-state index contributed by atoms with van der Waals surface area (Å²) in [4.78, 5) is 16.9. The summed E-state index contributed by atoms with van der Waals surface area (Å²) in [5.41, 5.74) is 0.498. The Labute approximate surface area is 198 Å². The molecule has 0 rings (SSSR count). The second-order valence-electron chi connectivity index (χ2n) is 10.1. The van der Waals surface area contributed by atoms with Gasteiger partial charge in [-0.2, -0.15) is 0 Å². The van der Waals surface area contributed by atoms with Crippen LogP contribution in [0.25, 0.3) is 0 Å². The first kappa shape index (κ1) is 31.1. The zero-order chi connectivity index (χ0) is 23.6. The van der Waals surface area contributed by atoms with Crippen molar-refractivity contribution in [3.05, 3.63) is 0 Å². The average Bonchev–Trinajstić information content (AvgIpc) is 2.76. The molecular formula is C26H58NO3Si+. The first-order valence-corrected chi connectivity index (χ1v) is 14.6. The van der Waals surface area contributed by atoms with Gasteiger partial charge in [-0.3, -0.25) is 0 Å². The molecule has 2 atom stereocenters. The molecular weight excluding hydrogens is 402 g/mol. The molecule has 0 aliphatic carbocycles. The van der Waals surface area contributed by atoms with Crippen LogP contribution in [0, 0.1) is 5.92 Å². The van der Waals surface area contributed by atoms with Crippen LogP contribution in [0.2, 0.25) is 5.54 Å². The summed E-state index contributed by atoms with van der Waals surface area (Å²) < 4.78 is 0. The molecule has 0 aliphatic rings. The molecule has 0 aromatic rings. The van der Waals surface area contributed by atoms with Gasteiger partial charge < -0.3 is 0 Å². The van der Waals surface area contributed by atoms with E-state index in [0.717, 1.165) is 5.54 Å². The van der Waals surface area contributed by atoms with E-state index < -0.39 is 0 Å². The minimum absolute atomic E-state index is 0.199. The highest BCUT2D eigenvalue weighted by Crippen LogP contribution is 2.42. The third-order valence-corrected chi connectivity index (χ3v) is 8.77. The third kappa shape index (κ3) is 11.2. The zero-order valence-electron chi connectivity index (χ0n) is 22.6. The molecule has 2 unspecified atom stereocenters. The van der Waals surface area contributed by atoms with Crippen LogP contribution < -0.4 is 0 Å². The highest BCUT2D eigenvalue weighted by Gasteiger charge is 2.55. The third-order valence-electron chi connectivity index (χ3n) is 7.38. The molecule has 0 saturated heterocycles. The predicted molar refractivity (Wildman–Crippen MR) is 138 cm³/mol. The standard InChI is InChI=1S/C26H58NO3Si/c1-8-10-11-12-13-14-15-16-17-18-19-20-21-23-25(31)24(22-9-2)26(3,4)27(28-5,29-6)30-7/h24-25H,8-23H2,1-7,31H3/q+1. The average molecular weight is 461 g/mol. The lowest BCUT2D eigenvalue weighted by Crippen LogP contribution is -2.63. The normalized spacial score (nSPS) is 14.8. The number of rotatable bonds is 22. The number of quaternary nitrogens is 1. The van der Waals surface area contributed by atoms with E-state index in [1.54, 1.807) is 21.3 Å². The van der Waals surface area contributed by atoms with Gasteiger partial charge in [0, 0.05) is 30.0 Å².